The summed E-state index contributed by atoms with van der Waals surface area (Å²) in [5.74, 6) is 2.76. The van der Waals surface area contributed by atoms with Crippen LogP contribution in [0.4, 0.5) is 8.78 Å². The minimum atomic E-state index is -0.908. The normalized spacial score (nSPS) is 39.3. The lowest BCUT2D eigenvalue weighted by molar-refractivity contribution is -0.0722. The second-order valence-corrected chi connectivity index (χ2v) is 19.7. The molecule has 0 amide bonds. The largest absolute Gasteiger partial charge is 0.508 e. The van der Waals surface area contributed by atoms with Gasteiger partial charge < -0.3 is 31.1 Å². The van der Waals surface area contributed by atoms with Crippen LogP contribution in [0.3, 0.4) is 0 Å². The Hall–Kier alpha value is -2.26. The van der Waals surface area contributed by atoms with Crippen LogP contribution in [0, 0.1) is 46.3 Å². The van der Waals surface area contributed by atoms with Gasteiger partial charge in [0.05, 0.1) is 12.2 Å². The Bertz CT molecular complexity index is 1510. The molecule has 2 aromatic rings. The van der Waals surface area contributed by atoms with E-state index in [4.69, 9.17) is 0 Å². The summed E-state index contributed by atoms with van der Waals surface area (Å²) in [4.78, 5) is 0. The van der Waals surface area contributed by atoms with Crippen LogP contribution in [0.2, 0.25) is 0 Å². The summed E-state index contributed by atoms with van der Waals surface area (Å²) in [6.07, 6.45) is 13.3. The van der Waals surface area contributed by atoms with Crippen molar-refractivity contribution in [3.63, 3.8) is 0 Å². The number of hydrogen-bond donors (Lipinski definition) is 6. The molecule has 0 unspecified atom stereocenters. The summed E-state index contributed by atoms with van der Waals surface area (Å²) in [6.45, 7) is 6.36. The number of aliphatic hydroxyl groups excluding tert-OH is 2. The fourth-order valence-electron chi connectivity index (χ4n) is 13.8. The first-order chi connectivity index (χ1) is 26.9. The summed E-state index contributed by atoms with van der Waals surface area (Å²) in [6, 6.07) is 11.1. The van der Waals surface area contributed by atoms with E-state index in [2.05, 4.69) is 24.5 Å². The lowest BCUT2D eigenvalue weighted by atomic mass is 9.51. The Morgan fingerprint density at radius 3 is 1.41 bits per heavy atom. The number of aliphatic hydroxyl groups is 2. The van der Waals surface area contributed by atoms with Crippen LogP contribution in [-0.4, -0.2) is 72.2 Å². The van der Waals surface area contributed by atoms with E-state index in [1.807, 2.05) is 38.4 Å². The molecule has 14 atom stereocenters. The Morgan fingerprint density at radius 2 is 1.02 bits per heavy atom. The smallest absolute Gasteiger partial charge is 0.115 e. The number of fused-ring (bicyclic) bond motifs is 10. The predicted octanol–water partition coefficient (Wildman–Crippen LogP) is 9.13. The van der Waals surface area contributed by atoms with E-state index in [-0.39, 0.29) is 46.4 Å². The second-order valence-electron chi connectivity index (χ2n) is 19.7. The van der Waals surface area contributed by atoms with Gasteiger partial charge in [0.1, 0.15) is 23.8 Å². The molecule has 56 heavy (non-hydrogen) atoms. The van der Waals surface area contributed by atoms with Gasteiger partial charge >= 0.3 is 0 Å². The highest BCUT2D eigenvalue weighted by Crippen LogP contribution is 2.65. The number of aromatic hydroxyl groups is 2. The number of unbranched alkanes of at least 4 members (excludes halogenated alkanes) is 4. The quantitative estimate of drug-likeness (QED) is 0.120. The number of benzene rings is 2. The van der Waals surface area contributed by atoms with Crippen molar-refractivity contribution >= 4 is 0 Å². The average molecular weight is 779 g/mol. The van der Waals surface area contributed by atoms with Gasteiger partial charge in [0.25, 0.3) is 0 Å². The van der Waals surface area contributed by atoms with Crippen molar-refractivity contribution in [3.05, 3.63) is 58.7 Å². The van der Waals surface area contributed by atoms with Gasteiger partial charge in [-0.25, -0.2) is 8.78 Å². The first-order valence-corrected chi connectivity index (χ1v) is 22.5. The van der Waals surface area contributed by atoms with E-state index >= 15 is 8.78 Å². The predicted molar refractivity (Wildman–Crippen MR) is 221 cm³/mol. The third kappa shape index (κ3) is 7.91. The number of rotatable bonds is 12. The Labute approximate surface area is 335 Å². The van der Waals surface area contributed by atoms with E-state index in [1.54, 1.807) is 12.1 Å². The standard InChI is InChI=1S/2C24H36FNO2/c2*1-24-14-20(25)23-18-8-7-17(27)13-16(18)12-15(6-4-3-5-11-26-2)22(23)19(24)9-10-21(24)28/h2*7-8,13,15,19-23,26-28H,3-6,9-12,14H2,1-2H3/t2*15-,19+,20+,21+,22+,23+,24+/m11/s1. The molecule has 6 N–H and O–H groups in total. The molecule has 6 aliphatic rings. The first-order valence-electron chi connectivity index (χ1n) is 22.5. The average Bonchev–Trinajstić information content (AvgIpc) is 3.63. The van der Waals surface area contributed by atoms with Crippen LogP contribution in [0.25, 0.3) is 0 Å². The number of halogens is 2. The highest BCUT2D eigenvalue weighted by atomic mass is 19.1. The maximum absolute atomic E-state index is 15.6. The van der Waals surface area contributed by atoms with Crippen molar-refractivity contribution in [2.75, 3.05) is 27.2 Å². The molecule has 8 rings (SSSR count). The van der Waals surface area contributed by atoms with Gasteiger partial charge in [-0.2, -0.15) is 0 Å². The minimum Gasteiger partial charge on any atom is -0.508 e. The van der Waals surface area contributed by atoms with Gasteiger partial charge in [0.15, 0.2) is 0 Å². The van der Waals surface area contributed by atoms with Crippen LogP contribution < -0.4 is 10.6 Å². The number of alkyl halides is 2. The number of hydrogen-bond acceptors (Lipinski definition) is 6. The fourth-order valence-corrected chi connectivity index (χ4v) is 13.8. The molecule has 0 saturated heterocycles. The molecular formula is C48H72F2N2O4. The molecule has 6 nitrogen and oxygen atoms in total. The molecule has 312 valence electrons. The fraction of sp³-hybridized carbons (Fsp3) is 0.750. The van der Waals surface area contributed by atoms with E-state index < -0.39 is 12.3 Å². The zero-order chi connectivity index (χ0) is 39.8. The van der Waals surface area contributed by atoms with E-state index in [9.17, 15) is 20.4 Å². The van der Waals surface area contributed by atoms with E-state index in [0.717, 1.165) is 86.7 Å². The summed E-state index contributed by atoms with van der Waals surface area (Å²) < 4.78 is 31.3. The van der Waals surface area contributed by atoms with Crippen LogP contribution >= 0.6 is 0 Å². The van der Waals surface area contributed by atoms with Gasteiger partial charge in [-0.15, -0.1) is 0 Å². The molecule has 0 radical (unpaired) electrons. The molecule has 0 aromatic heterocycles. The zero-order valence-corrected chi connectivity index (χ0v) is 34.7. The molecule has 2 aromatic carbocycles. The highest BCUT2D eigenvalue weighted by molar-refractivity contribution is 5.43. The molecule has 6 aliphatic carbocycles. The maximum Gasteiger partial charge on any atom is 0.115 e. The van der Waals surface area contributed by atoms with Crippen LogP contribution in [0.5, 0.6) is 11.5 Å². The lowest BCUT2D eigenvalue weighted by Crippen LogP contribution is -2.51. The monoisotopic (exact) mass is 779 g/mol. The molecule has 4 fully saturated rings. The van der Waals surface area contributed by atoms with Crippen LogP contribution in [-0.2, 0) is 12.8 Å². The summed E-state index contributed by atoms with van der Waals surface area (Å²) in [7, 11) is 3.98. The second kappa shape index (κ2) is 17.5. The van der Waals surface area contributed by atoms with Gasteiger partial charge in [-0.1, -0.05) is 51.7 Å². The van der Waals surface area contributed by atoms with Gasteiger partial charge in [-0.05, 0) is 197 Å². The number of phenolic OH excluding ortho intramolecular Hbond substituents is 2. The van der Waals surface area contributed by atoms with Crippen molar-refractivity contribution in [1.82, 2.24) is 10.6 Å². The maximum atomic E-state index is 15.6. The summed E-state index contributed by atoms with van der Waals surface area (Å²) in [5, 5.41) is 47.8. The van der Waals surface area contributed by atoms with Crippen LogP contribution in [0.15, 0.2) is 36.4 Å². The van der Waals surface area contributed by atoms with Crippen molar-refractivity contribution in [2.24, 2.45) is 46.3 Å². The summed E-state index contributed by atoms with van der Waals surface area (Å²) in [5.41, 5.74) is 3.96. The van der Waals surface area contributed by atoms with Crippen molar-refractivity contribution in [2.45, 2.75) is 153 Å². The Morgan fingerprint density at radius 1 is 0.607 bits per heavy atom. The zero-order valence-electron chi connectivity index (χ0n) is 34.7. The molecule has 0 aliphatic heterocycles. The molecular weight excluding hydrogens is 707 g/mol. The number of nitrogens with one attached hydrogen (secondary N) is 2. The topological polar surface area (TPSA) is 105 Å². The third-order valence-corrected chi connectivity index (χ3v) is 16.6. The Balaban J connectivity index is 0.000000172. The highest BCUT2D eigenvalue weighted by Gasteiger charge is 2.61. The van der Waals surface area contributed by atoms with Crippen molar-refractivity contribution in [1.29, 1.82) is 0 Å². The number of phenols is 2. The van der Waals surface area contributed by atoms with E-state index in [0.29, 0.717) is 48.3 Å². The lowest BCUT2D eigenvalue weighted by Gasteiger charge is -2.54. The minimum absolute atomic E-state index is 0.0740. The van der Waals surface area contributed by atoms with E-state index in [1.165, 1.54) is 38.5 Å². The van der Waals surface area contributed by atoms with Gasteiger partial charge in [0, 0.05) is 11.8 Å². The van der Waals surface area contributed by atoms with Crippen molar-refractivity contribution in [3.8, 4) is 11.5 Å². The van der Waals surface area contributed by atoms with Gasteiger partial charge in [-0.3, -0.25) is 0 Å². The van der Waals surface area contributed by atoms with Crippen LogP contribution in [0.1, 0.15) is 138 Å². The third-order valence-electron chi connectivity index (χ3n) is 16.6. The Kier molecular flexibility index (Phi) is 13.1. The summed E-state index contributed by atoms with van der Waals surface area (Å²) >= 11 is 0. The molecule has 8 heteroatoms. The molecule has 0 spiro atoms. The molecule has 0 bridgehead atoms. The first kappa shape index (κ1) is 41.9. The molecule has 4 saturated carbocycles. The van der Waals surface area contributed by atoms with Crippen molar-refractivity contribution < 1.29 is 29.2 Å². The SMILES string of the molecule is CNCCCCC[C@@H]1Cc2cc(O)ccc2[C@@H]2[C@@H]1[C@@H]1CC[C@H](O)[C@@]1(C)C[C@@H]2F.CNCCCCC[C@@H]1Cc2cc(O)ccc2[C@@H]2[C@@H]1[C@@H]1CC[C@H](O)[C@@]1(C)C[C@@H]2F. The molecule has 0 heterocycles. The van der Waals surface area contributed by atoms with Gasteiger partial charge in [0.2, 0.25) is 0 Å².